The third-order valence-electron chi connectivity index (χ3n) is 1.52. The number of rotatable bonds is 0. The molecule has 0 N–H and O–H groups in total. The van der Waals surface area contributed by atoms with E-state index in [1.165, 1.54) is 23.5 Å². The Morgan fingerprint density at radius 3 is 3.00 bits per heavy atom. The highest BCUT2D eigenvalue weighted by Gasteiger charge is 2.05. The van der Waals surface area contributed by atoms with Gasteiger partial charge in [-0.05, 0) is 35.0 Å². The summed E-state index contributed by atoms with van der Waals surface area (Å²) < 4.78 is 14.5. The van der Waals surface area contributed by atoms with Gasteiger partial charge in [0.2, 0.25) is 0 Å². The third-order valence-corrected chi connectivity index (χ3v) is 3.04. The van der Waals surface area contributed by atoms with Crippen LogP contribution in [0.25, 0.3) is 10.2 Å². The van der Waals surface area contributed by atoms with Gasteiger partial charge in [0.15, 0.2) is 0 Å². The van der Waals surface area contributed by atoms with E-state index in [1.54, 1.807) is 0 Å². The van der Waals surface area contributed by atoms with Gasteiger partial charge in [-0.25, -0.2) is 9.37 Å². The van der Waals surface area contributed by atoms with Crippen molar-refractivity contribution in [3.05, 3.63) is 27.4 Å². The van der Waals surface area contributed by atoms with E-state index in [0.29, 0.717) is 0 Å². The standard InChI is InChI=1S/C8H5BrFNS/c1-4-11-8-6(9)2-5(10)3-7(8)12-4/h2-3H,1H3. The van der Waals surface area contributed by atoms with Crippen molar-refractivity contribution in [1.82, 2.24) is 4.98 Å². The Bertz CT molecular complexity index is 438. The lowest BCUT2D eigenvalue weighted by molar-refractivity contribution is 0.629. The fraction of sp³-hybridized carbons (Fsp3) is 0.125. The van der Waals surface area contributed by atoms with E-state index in [-0.39, 0.29) is 5.82 Å². The van der Waals surface area contributed by atoms with Crippen molar-refractivity contribution in [1.29, 1.82) is 0 Å². The van der Waals surface area contributed by atoms with Crippen molar-refractivity contribution in [3.8, 4) is 0 Å². The van der Waals surface area contributed by atoms with E-state index in [1.807, 2.05) is 6.92 Å². The van der Waals surface area contributed by atoms with Crippen LogP contribution in [0.2, 0.25) is 0 Å². The minimum atomic E-state index is -0.224. The van der Waals surface area contributed by atoms with Gasteiger partial charge in [0, 0.05) is 4.47 Å². The van der Waals surface area contributed by atoms with Crippen LogP contribution in [0.4, 0.5) is 4.39 Å². The van der Waals surface area contributed by atoms with Crippen molar-refractivity contribution in [2.45, 2.75) is 6.92 Å². The van der Waals surface area contributed by atoms with E-state index in [0.717, 1.165) is 19.7 Å². The van der Waals surface area contributed by atoms with Gasteiger partial charge in [0.25, 0.3) is 0 Å². The minimum absolute atomic E-state index is 0.224. The molecule has 0 saturated heterocycles. The van der Waals surface area contributed by atoms with Crippen LogP contribution >= 0.6 is 27.3 Å². The number of fused-ring (bicyclic) bond motifs is 1. The monoisotopic (exact) mass is 245 g/mol. The van der Waals surface area contributed by atoms with Gasteiger partial charge in [-0.3, -0.25) is 0 Å². The largest absolute Gasteiger partial charge is 0.240 e. The first-order valence-electron chi connectivity index (χ1n) is 3.39. The Balaban J connectivity index is 2.88. The zero-order valence-electron chi connectivity index (χ0n) is 6.27. The van der Waals surface area contributed by atoms with Gasteiger partial charge in [-0.15, -0.1) is 11.3 Å². The topological polar surface area (TPSA) is 12.9 Å². The number of thiazole rings is 1. The molecule has 1 aromatic carbocycles. The van der Waals surface area contributed by atoms with Gasteiger partial charge >= 0.3 is 0 Å². The SMILES string of the molecule is Cc1nc2c(Br)cc(F)cc2s1. The summed E-state index contributed by atoms with van der Waals surface area (Å²) in [6, 6.07) is 2.94. The minimum Gasteiger partial charge on any atom is -0.240 e. The van der Waals surface area contributed by atoms with E-state index >= 15 is 0 Å². The first-order valence-corrected chi connectivity index (χ1v) is 5.00. The van der Waals surface area contributed by atoms with Crippen molar-refractivity contribution >= 4 is 37.5 Å². The quantitative estimate of drug-likeness (QED) is 0.693. The molecule has 0 bridgehead atoms. The maximum absolute atomic E-state index is 12.9. The molecular weight excluding hydrogens is 241 g/mol. The molecule has 0 spiro atoms. The molecule has 12 heavy (non-hydrogen) atoms. The van der Waals surface area contributed by atoms with E-state index in [9.17, 15) is 4.39 Å². The van der Waals surface area contributed by atoms with E-state index in [2.05, 4.69) is 20.9 Å². The Morgan fingerprint density at radius 2 is 2.25 bits per heavy atom. The van der Waals surface area contributed by atoms with Gasteiger partial charge < -0.3 is 0 Å². The molecule has 0 aliphatic rings. The summed E-state index contributed by atoms with van der Waals surface area (Å²) in [5, 5.41) is 0.955. The second kappa shape index (κ2) is 2.78. The molecule has 0 unspecified atom stereocenters. The number of halogens is 2. The summed E-state index contributed by atoms with van der Waals surface area (Å²) in [6.07, 6.45) is 0. The molecule has 0 saturated carbocycles. The molecule has 62 valence electrons. The maximum Gasteiger partial charge on any atom is 0.125 e. The van der Waals surface area contributed by atoms with Crippen molar-refractivity contribution in [2.75, 3.05) is 0 Å². The summed E-state index contributed by atoms with van der Waals surface area (Å²) in [7, 11) is 0. The molecule has 2 aromatic rings. The van der Waals surface area contributed by atoms with Crippen LogP contribution in [0.3, 0.4) is 0 Å². The van der Waals surface area contributed by atoms with Crippen LogP contribution in [-0.2, 0) is 0 Å². The smallest absolute Gasteiger partial charge is 0.125 e. The summed E-state index contributed by atoms with van der Waals surface area (Å²) in [6.45, 7) is 1.91. The Kier molecular flexibility index (Phi) is 1.88. The lowest BCUT2D eigenvalue weighted by Gasteiger charge is -1.91. The fourth-order valence-electron chi connectivity index (χ4n) is 1.07. The van der Waals surface area contributed by atoms with E-state index < -0.39 is 0 Å². The average Bonchev–Trinajstić information content (AvgIpc) is 2.29. The highest BCUT2D eigenvalue weighted by Crippen LogP contribution is 2.28. The van der Waals surface area contributed by atoms with Gasteiger partial charge in [0.05, 0.1) is 15.2 Å². The highest BCUT2D eigenvalue weighted by atomic mass is 79.9. The molecule has 0 atom stereocenters. The lowest BCUT2D eigenvalue weighted by Crippen LogP contribution is -1.75. The molecule has 1 nitrogen and oxygen atoms in total. The van der Waals surface area contributed by atoms with Crippen LogP contribution in [0.5, 0.6) is 0 Å². The summed E-state index contributed by atoms with van der Waals surface area (Å²) in [5.74, 6) is -0.224. The fourth-order valence-corrected chi connectivity index (χ4v) is 2.60. The van der Waals surface area contributed by atoms with Gasteiger partial charge in [-0.2, -0.15) is 0 Å². The number of benzene rings is 1. The normalized spacial score (nSPS) is 10.9. The van der Waals surface area contributed by atoms with Gasteiger partial charge in [-0.1, -0.05) is 0 Å². The van der Waals surface area contributed by atoms with Crippen LogP contribution in [0.15, 0.2) is 16.6 Å². The Morgan fingerprint density at radius 1 is 1.50 bits per heavy atom. The number of hydrogen-bond donors (Lipinski definition) is 0. The first kappa shape index (κ1) is 8.13. The Labute approximate surface area is 81.4 Å². The molecule has 1 heterocycles. The zero-order chi connectivity index (χ0) is 8.72. The third kappa shape index (κ3) is 1.25. The number of aromatic nitrogens is 1. The number of hydrogen-bond acceptors (Lipinski definition) is 2. The summed E-state index contributed by atoms with van der Waals surface area (Å²) in [4.78, 5) is 4.26. The van der Waals surface area contributed by atoms with Crippen molar-refractivity contribution < 1.29 is 4.39 Å². The number of nitrogens with zero attached hydrogens (tertiary/aromatic N) is 1. The van der Waals surface area contributed by atoms with Crippen LogP contribution in [0.1, 0.15) is 5.01 Å². The molecule has 0 aliphatic heterocycles. The molecule has 2 rings (SSSR count). The zero-order valence-corrected chi connectivity index (χ0v) is 8.67. The second-order valence-corrected chi connectivity index (χ2v) is 4.56. The van der Waals surface area contributed by atoms with Crippen LogP contribution < -0.4 is 0 Å². The summed E-state index contributed by atoms with van der Waals surface area (Å²) in [5.41, 5.74) is 0.846. The highest BCUT2D eigenvalue weighted by molar-refractivity contribution is 9.10. The summed E-state index contributed by atoms with van der Waals surface area (Å²) >= 11 is 4.76. The predicted octanol–water partition coefficient (Wildman–Crippen LogP) is 3.51. The lowest BCUT2D eigenvalue weighted by atomic mass is 10.3. The van der Waals surface area contributed by atoms with Crippen LogP contribution in [-0.4, -0.2) is 4.98 Å². The molecule has 0 fully saturated rings. The van der Waals surface area contributed by atoms with Crippen LogP contribution in [0, 0.1) is 12.7 Å². The molecule has 0 amide bonds. The van der Waals surface area contributed by atoms with E-state index in [4.69, 9.17) is 0 Å². The van der Waals surface area contributed by atoms with Gasteiger partial charge in [0.1, 0.15) is 5.82 Å². The van der Waals surface area contributed by atoms with Crippen molar-refractivity contribution in [3.63, 3.8) is 0 Å². The average molecular weight is 246 g/mol. The maximum atomic E-state index is 12.9. The molecule has 4 heteroatoms. The molecular formula is C8H5BrFNS. The number of aryl methyl sites for hydroxylation is 1. The molecule has 1 aromatic heterocycles. The first-order chi connectivity index (χ1) is 5.66. The van der Waals surface area contributed by atoms with Crippen molar-refractivity contribution in [2.24, 2.45) is 0 Å². The molecule has 0 radical (unpaired) electrons. The molecule has 0 aliphatic carbocycles. The second-order valence-electron chi connectivity index (χ2n) is 2.47. The predicted molar refractivity (Wildman–Crippen MR) is 52.0 cm³/mol. The Hall–Kier alpha value is -0.480.